The SMILES string of the molecule is Cc1ccc(-c2ncc3cccc(CN)n23)cc1. The molecule has 2 N–H and O–H groups in total. The van der Waals surface area contributed by atoms with Gasteiger partial charge in [-0.15, -0.1) is 0 Å². The van der Waals surface area contributed by atoms with Crippen LogP contribution >= 0.6 is 0 Å². The smallest absolute Gasteiger partial charge is 0.144 e. The van der Waals surface area contributed by atoms with E-state index in [2.05, 4.69) is 40.6 Å². The Labute approximate surface area is 106 Å². The fraction of sp³-hybridized carbons (Fsp3) is 0.133. The van der Waals surface area contributed by atoms with Crippen LogP contribution in [0, 0.1) is 6.92 Å². The lowest BCUT2D eigenvalue weighted by Gasteiger charge is -2.07. The third-order valence-electron chi connectivity index (χ3n) is 3.15. The largest absolute Gasteiger partial charge is 0.325 e. The van der Waals surface area contributed by atoms with Gasteiger partial charge in [-0.2, -0.15) is 0 Å². The van der Waals surface area contributed by atoms with Gasteiger partial charge in [0.15, 0.2) is 0 Å². The minimum Gasteiger partial charge on any atom is -0.325 e. The van der Waals surface area contributed by atoms with Crippen molar-refractivity contribution in [3.05, 3.63) is 59.9 Å². The van der Waals surface area contributed by atoms with Gasteiger partial charge < -0.3 is 5.73 Å². The van der Waals surface area contributed by atoms with Crippen LogP contribution in [-0.4, -0.2) is 9.38 Å². The highest BCUT2D eigenvalue weighted by molar-refractivity contribution is 5.63. The van der Waals surface area contributed by atoms with Gasteiger partial charge in [0.2, 0.25) is 0 Å². The molecule has 3 rings (SSSR count). The lowest BCUT2D eigenvalue weighted by atomic mass is 10.1. The van der Waals surface area contributed by atoms with Gasteiger partial charge in [-0.05, 0) is 19.1 Å². The lowest BCUT2D eigenvalue weighted by molar-refractivity contribution is 0.946. The van der Waals surface area contributed by atoms with E-state index >= 15 is 0 Å². The monoisotopic (exact) mass is 237 g/mol. The summed E-state index contributed by atoms with van der Waals surface area (Å²) >= 11 is 0. The van der Waals surface area contributed by atoms with Crippen LogP contribution in [0.3, 0.4) is 0 Å². The molecule has 0 atom stereocenters. The van der Waals surface area contributed by atoms with E-state index in [0.29, 0.717) is 6.54 Å². The lowest BCUT2D eigenvalue weighted by Crippen LogP contribution is -2.04. The zero-order chi connectivity index (χ0) is 12.5. The Morgan fingerprint density at radius 2 is 1.89 bits per heavy atom. The fourth-order valence-corrected chi connectivity index (χ4v) is 2.18. The summed E-state index contributed by atoms with van der Waals surface area (Å²) in [5, 5.41) is 0. The summed E-state index contributed by atoms with van der Waals surface area (Å²) in [6.45, 7) is 2.59. The van der Waals surface area contributed by atoms with Gasteiger partial charge in [0.05, 0.1) is 11.7 Å². The third-order valence-corrected chi connectivity index (χ3v) is 3.15. The molecular weight excluding hydrogens is 222 g/mol. The van der Waals surface area contributed by atoms with E-state index in [9.17, 15) is 0 Å². The van der Waals surface area contributed by atoms with Crippen molar-refractivity contribution < 1.29 is 0 Å². The van der Waals surface area contributed by atoms with Crippen LogP contribution in [0.2, 0.25) is 0 Å². The van der Waals surface area contributed by atoms with Gasteiger partial charge in [-0.1, -0.05) is 35.9 Å². The summed E-state index contributed by atoms with van der Waals surface area (Å²) in [5.41, 5.74) is 10.3. The predicted molar refractivity (Wildman–Crippen MR) is 73.3 cm³/mol. The fourth-order valence-electron chi connectivity index (χ4n) is 2.18. The van der Waals surface area contributed by atoms with Crippen LogP contribution in [0.4, 0.5) is 0 Å². The van der Waals surface area contributed by atoms with Crippen molar-refractivity contribution in [1.82, 2.24) is 9.38 Å². The molecule has 0 saturated carbocycles. The van der Waals surface area contributed by atoms with E-state index in [0.717, 1.165) is 22.6 Å². The molecule has 90 valence electrons. The maximum atomic E-state index is 5.80. The maximum Gasteiger partial charge on any atom is 0.144 e. The number of nitrogens with two attached hydrogens (primary N) is 1. The minimum atomic E-state index is 0.507. The van der Waals surface area contributed by atoms with Crippen LogP contribution in [0.25, 0.3) is 16.9 Å². The topological polar surface area (TPSA) is 43.3 Å². The quantitative estimate of drug-likeness (QED) is 0.744. The Morgan fingerprint density at radius 1 is 1.11 bits per heavy atom. The summed E-state index contributed by atoms with van der Waals surface area (Å²) in [6.07, 6.45) is 1.88. The summed E-state index contributed by atoms with van der Waals surface area (Å²) in [5.74, 6) is 0.950. The van der Waals surface area contributed by atoms with E-state index in [-0.39, 0.29) is 0 Å². The molecule has 2 heterocycles. The molecule has 0 aliphatic heterocycles. The Kier molecular flexibility index (Phi) is 2.61. The number of pyridine rings is 1. The van der Waals surface area contributed by atoms with Crippen molar-refractivity contribution in [2.45, 2.75) is 13.5 Å². The number of aromatic nitrogens is 2. The van der Waals surface area contributed by atoms with Crippen molar-refractivity contribution in [2.75, 3.05) is 0 Å². The summed E-state index contributed by atoms with van der Waals surface area (Å²) in [4.78, 5) is 4.51. The molecule has 3 nitrogen and oxygen atoms in total. The average Bonchev–Trinajstić information content (AvgIpc) is 2.83. The zero-order valence-corrected chi connectivity index (χ0v) is 10.3. The number of benzene rings is 1. The molecule has 0 fully saturated rings. The number of imidazole rings is 1. The summed E-state index contributed by atoms with van der Waals surface area (Å²) < 4.78 is 2.12. The second kappa shape index (κ2) is 4.27. The molecule has 3 heteroatoms. The van der Waals surface area contributed by atoms with E-state index in [1.807, 2.05) is 24.4 Å². The standard InChI is InChI=1S/C15H15N3/c1-11-5-7-12(8-6-11)15-17-10-14-4-2-3-13(9-16)18(14)15/h2-8,10H,9,16H2,1H3. The molecule has 18 heavy (non-hydrogen) atoms. The van der Waals surface area contributed by atoms with E-state index in [4.69, 9.17) is 5.73 Å². The Bertz CT molecular complexity index is 681. The van der Waals surface area contributed by atoms with Crippen molar-refractivity contribution in [1.29, 1.82) is 0 Å². The first-order valence-electron chi connectivity index (χ1n) is 6.02. The molecule has 0 unspecified atom stereocenters. The predicted octanol–water partition coefficient (Wildman–Crippen LogP) is 2.77. The van der Waals surface area contributed by atoms with Gasteiger partial charge in [0, 0.05) is 17.8 Å². The number of hydrogen-bond donors (Lipinski definition) is 1. The highest BCUT2D eigenvalue weighted by Crippen LogP contribution is 2.21. The van der Waals surface area contributed by atoms with Crippen LogP contribution in [0.15, 0.2) is 48.7 Å². The number of fused-ring (bicyclic) bond motifs is 1. The number of rotatable bonds is 2. The number of nitrogens with zero attached hydrogens (tertiary/aromatic N) is 2. The first-order chi connectivity index (χ1) is 8.79. The van der Waals surface area contributed by atoms with Gasteiger partial charge >= 0.3 is 0 Å². The van der Waals surface area contributed by atoms with Crippen LogP contribution in [0.1, 0.15) is 11.3 Å². The molecule has 0 aliphatic carbocycles. The number of hydrogen-bond acceptors (Lipinski definition) is 2. The molecule has 0 spiro atoms. The zero-order valence-electron chi connectivity index (χ0n) is 10.3. The molecule has 0 amide bonds. The molecule has 1 aromatic carbocycles. The maximum absolute atomic E-state index is 5.80. The van der Waals surface area contributed by atoms with Crippen molar-refractivity contribution >= 4 is 5.52 Å². The Morgan fingerprint density at radius 3 is 2.61 bits per heavy atom. The number of aryl methyl sites for hydroxylation is 1. The van der Waals surface area contributed by atoms with Crippen molar-refractivity contribution in [3.8, 4) is 11.4 Å². The molecule has 0 radical (unpaired) electrons. The molecule has 3 aromatic rings. The molecule has 0 aliphatic rings. The van der Waals surface area contributed by atoms with Gasteiger partial charge in [0.1, 0.15) is 5.82 Å². The van der Waals surface area contributed by atoms with Gasteiger partial charge in [-0.25, -0.2) is 4.98 Å². The average molecular weight is 237 g/mol. The first kappa shape index (κ1) is 11.0. The van der Waals surface area contributed by atoms with E-state index < -0.39 is 0 Å². The molecule has 2 aromatic heterocycles. The third kappa shape index (κ3) is 1.69. The molecular formula is C15H15N3. The van der Waals surface area contributed by atoms with Crippen LogP contribution in [0.5, 0.6) is 0 Å². The molecule has 0 bridgehead atoms. The highest BCUT2D eigenvalue weighted by atomic mass is 15.0. The van der Waals surface area contributed by atoms with E-state index in [1.165, 1.54) is 5.56 Å². The summed E-state index contributed by atoms with van der Waals surface area (Å²) in [6, 6.07) is 14.5. The second-order valence-corrected chi connectivity index (χ2v) is 4.43. The van der Waals surface area contributed by atoms with Gasteiger partial charge in [0.25, 0.3) is 0 Å². The minimum absolute atomic E-state index is 0.507. The Balaban J connectivity index is 2.26. The highest BCUT2D eigenvalue weighted by Gasteiger charge is 2.08. The van der Waals surface area contributed by atoms with Crippen molar-refractivity contribution in [2.24, 2.45) is 5.73 Å². The van der Waals surface area contributed by atoms with Crippen molar-refractivity contribution in [3.63, 3.8) is 0 Å². The first-order valence-corrected chi connectivity index (χ1v) is 6.02. The van der Waals surface area contributed by atoms with Crippen LogP contribution < -0.4 is 5.73 Å². The molecule has 0 saturated heterocycles. The van der Waals surface area contributed by atoms with Gasteiger partial charge in [-0.3, -0.25) is 4.40 Å². The second-order valence-electron chi connectivity index (χ2n) is 4.43. The Hall–Kier alpha value is -2.13. The van der Waals surface area contributed by atoms with Crippen LogP contribution in [-0.2, 0) is 6.54 Å². The summed E-state index contributed by atoms with van der Waals surface area (Å²) in [7, 11) is 0. The normalized spacial score (nSPS) is 11.0. The van der Waals surface area contributed by atoms with E-state index in [1.54, 1.807) is 0 Å².